The minimum atomic E-state index is -0.760. The summed E-state index contributed by atoms with van der Waals surface area (Å²) < 4.78 is 36.6. The third-order valence-electron chi connectivity index (χ3n) is 10.4. The maximum atomic E-state index is 13.8. The van der Waals surface area contributed by atoms with Gasteiger partial charge in [0.1, 0.15) is 11.2 Å². The molecule has 1 aliphatic heterocycles. The van der Waals surface area contributed by atoms with Crippen LogP contribution in [0.15, 0.2) is 48.5 Å². The molecule has 1 heterocycles. The number of nitrogens with one attached hydrogen (secondary N) is 1. The van der Waals surface area contributed by atoms with Gasteiger partial charge in [-0.05, 0) is 133 Å². The van der Waals surface area contributed by atoms with E-state index in [0.29, 0.717) is 44.7 Å². The van der Waals surface area contributed by atoms with Crippen LogP contribution in [0.4, 0.5) is 5.69 Å². The highest BCUT2D eigenvalue weighted by molar-refractivity contribution is 5.97. The van der Waals surface area contributed by atoms with Crippen molar-refractivity contribution in [2.45, 2.75) is 188 Å². The molecule has 0 saturated heterocycles. The Kier molecular flexibility index (Phi) is 19.0. The Balaban J connectivity index is 1.68. The third-order valence-corrected chi connectivity index (χ3v) is 10.4. The number of ether oxygens (including phenoxy) is 6. The average Bonchev–Trinajstić information content (AvgIpc) is 3.13. The van der Waals surface area contributed by atoms with Crippen molar-refractivity contribution in [1.82, 2.24) is 5.32 Å². The number of rotatable bonds is 23. The lowest BCUT2D eigenvalue weighted by Crippen LogP contribution is -2.45. The number of carbonyl (C=O) groups is 4. The second-order valence-corrected chi connectivity index (χ2v) is 20.6. The van der Waals surface area contributed by atoms with Gasteiger partial charge in [0.05, 0.1) is 73.4 Å². The lowest BCUT2D eigenvalue weighted by Gasteiger charge is -2.36. The summed E-state index contributed by atoms with van der Waals surface area (Å²) in [5.74, 6) is 5.33. The number of fused-ring (bicyclic) bond motifs is 2. The van der Waals surface area contributed by atoms with Crippen molar-refractivity contribution in [3.05, 3.63) is 65.2 Å². The summed E-state index contributed by atoms with van der Waals surface area (Å²) in [5.41, 5.74) is -0.732. The Labute approximate surface area is 377 Å². The standard InChI is InChI=1S/C51H76N2O10/c1-15-51(14,29-31-59-50(12,13)33-45(57)63-47(5,6)7)61-40(36-60-48(8,9)28-30-58-49(10,11)32-44(56)62-46(2,3)4)34-52-42(54)26-27-43(55)53-35-39-22-17-16-20-37(39)24-25-38-21-18-19-23-41(38)53/h16-23,40H,15,26-36H2,1-14H3,(H,52,54). The lowest BCUT2D eigenvalue weighted by molar-refractivity contribution is -0.167. The van der Waals surface area contributed by atoms with Crippen LogP contribution in [-0.4, -0.2) is 89.8 Å². The highest BCUT2D eigenvalue weighted by Crippen LogP contribution is 2.29. The van der Waals surface area contributed by atoms with Crippen LogP contribution in [0.25, 0.3) is 0 Å². The molecule has 2 atom stereocenters. The highest BCUT2D eigenvalue weighted by Gasteiger charge is 2.33. The average molecular weight is 877 g/mol. The molecule has 0 aromatic heterocycles. The smallest absolute Gasteiger partial charge is 0.309 e. The molecule has 12 nitrogen and oxygen atoms in total. The van der Waals surface area contributed by atoms with E-state index in [1.54, 1.807) is 4.90 Å². The summed E-state index contributed by atoms with van der Waals surface area (Å²) >= 11 is 0. The quantitative estimate of drug-likeness (QED) is 0.0850. The normalized spacial score (nSPS) is 14.7. The Hall–Kier alpha value is -4.28. The van der Waals surface area contributed by atoms with Crippen LogP contribution in [0.5, 0.6) is 0 Å². The molecule has 63 heavy (non-hydrogen) atoms. The van der Waals surface area contributed by atoms with Crippen LogP contribution in [-0.2, 0) is 54.1 Å². The van der Waals surface area contributed by atoms with Gasteiger partial charge in [0.2, 0.25) is 11.8 Å². The molecule has 2 unspecified atom stereocenters. The monoisotopic (exact) mass is 877 g/mol. The van der Waals surface area contributed by atoms with Gasteiger partial charge in [0, 0.05) is 30.5 Å². The van der Waals surface area contributed by atoms with Crippen LogP contribution in [0.1, 0.15) is 159 Å². The first-order chi connectivity index (χ1) is 29.1. The number of benzene rings is 2. The summed E-state index contributed by atoms with van der Waals surface area (Å²) in [6.07, 6.45) is 1.28. The fraction of sp³-hybridized carbons (Fsp3) is 0.647. The summed E-state index contributed by atoms with van der Waals surface area (Å²) in [7, 11) is 0. The number of amides is 2. The third kappa shape index (κ3) is 20.0. The van der Waals surface area contributed by atoms with Crippen molar-refractivity contribution >= 4 is 29.4 Å². The molecule has 0 aliphatic carbocycles. The molecule has 2 aromatic carbocycles. The van der Waals surface area contributed by atoms with Crippen molar-refractivity contribution in [1.29, 1.82) is 0 Å². The minimum absolute atomic E-state index is 0.00180. The molecule has 0 saturated carbocycles. The summed E-state index contributed by atoms with van der Waals surface area (Å²) in [6, 6.07) is 15.3. The zero-order valence-electron chi connectivity index (χ0n) is 40.7. The van der Waals surface area contributed by atoms with Crippen molar-refractivity contribution in [3.8, 4) is 11.8 Å². The molecule has 1 aliphatic rings. The summed E-state index contributed by atoms with van der Waals surface area (Å²) in [6.45, 7) is 27.7. The van der Waals surface area contributed by atoms with E-state index in [2.05, 4.69) is 17.2 Å². The maximum Gasteiger partial charge on any atom is 0.309 e. The number of hydrogen-bond donors (Lipinski definition) is 1. The van der Waals surface area contributed by atoms with Crippen molar-refractivity contribution in [2.24, 2.45) is 0 Å². The molecular formula is C51H76N2O10. The van der Waals surface area contributed by atoms with E-state index in [1.165, 1.54) is 0 Å². The van der Waals surface area contributed by atoms with Gasteiger partial charge in [0.15, 0.2) is 0 Å². The number of hydrogen-bond acceptors (Lipinski definition) is 10. The molecule has 12 heteroatoms. The molecule has 0 spiro atoms. The van der Waals surface area contributed by atoms with Gasteiger partial charge in [-0.3, -0.25) is 19.2 Å². The van der Waals surface area contributed by atoms with E-state index in [-0.39, 0.29) is 62.6 Å². The van der Waals surface area contributed by atoms with E-state index < -0.39 is 39.7 Å². The molecule has 0 bridgehead atoms. The van der Waals surface area contributed by atoms with Crippen LogP contribution in [0, 0.1) is 11.8 Å². The Bertz CT molecular complexity index is 1910. The van der Waals surface area contributed by atoms with Crippen LogP contribution in [0.3, 0.4) is 0 Å². The SMILES string of the molecule is CCC(C)(CCOC(C)(C)CC(=O)OC(C)(C)C)OC(CNC(=O)CCC(=O)N1Cc2ccccc2C#Cc2ccccc21)COC(C)(C)CCOC(C)(C)CC(=O)OC(C)(C)C. The number of nitrogens with zero attached hydrogens (tertiary/aromatic N) is 1. The van der Waals surface area contributed by atoms with Gasteiger partial charge >= 0.3 is 11.9 Å². The van der Waals surface area contributed by atoms with Crippen LogP contribution in [0.2, 0.25) is 0 Å². The summed E-state index contributed by atoms with van der Waals surface area (Å²) in [5, 5.41) is 3.01. The zero-order chi connectivity index (χ0) is 47.3. The molecule has 2 aromatic rings. The second kappa shape index (κ2) is 22.6. The van der Waals surface area contributed by atoms with E-state index in [0.717, 1.165) is 16.7 Å². The van der Waals surface area contributed by atoms with E-state index in [9.17, 15) is 19.2 Å². The number of anilines is 1. The topological polar surface area (TPSA) is 139 Å². The molecule has 2 amide bonds. The number of esters is 2. The molecular weight excluding hydrogens is 801 g/mol. The molecule has 1 N–H and O–H groups in total. The van der Waals surface area contributed by atoms with Gasteiger partial charge in [-0.1, -0.05) is 49.1 Å². The molecule has 3 rings (SSSR count). The van der Waals surface area contributed by atoms with Gasteiger partial charge in [-0.2, -0.15) is 0 Å². The molecule has 0 fully saturated rings. The Morgan fingerprint density at radius 2 is 1.19 bits per heavy atom. The predicted molar refractivity (Wildman–Crippen MR) is 246 cm³/mol. The van der Waals surface area contributed by atoms with E-state index in [4.69, 9.17) is 28.4 Å². The van der Waals surface area contributed by atoms with Gasteiger partial charge in [0.25, 0.3) is 0 Å². The first kappa shape index (κ1) is 53.1. The highest BCUT2D eigenvalue weighted by atomic mass is 16.6. The van der Waals surface area contributed by atoms with Crippen LogP contribution >= 0.6 is 0 Å². The van der Waals surface area contributed by atoms with Crippen molar-refractivity contribution in [2.75, 3.05) is 31.3 Å². The first-order valence-corrected chi connectivity index (χ1v) is 22.4. The zero-order valence-corrected chi connectivity index (χ0v) is 40.7. The second-order valence-electron chi connectivity index (χ2n) is 20.6. The van der Waals surface area contributed by atoms with E-state index in [1.807, 2.05) is 145 Å². The van der Waals surface area contributed by atoms with Crippen molar-refractivity contribution in [3.63, 3.8) is 0 Å². The Morgan fingerprint density at radius 1 is 0.667 bits per heavy atom. The van der Waals surface area contributed by atoms with Gasteiger partial charge in [-0.25, -0.2) is 0 Å². The molecule has 0 radical (unpaired) electrons. The van der Waals surface area contributed by atoms with Gasteiger partial charge < -0.3 is 38.6 Å². The minimum Gasteiger partial charge on any atom is -0.460 e. The number of carbonyl (C=O) groups excluding carboxylic acids is 4. The first-order valence-electron chi connectivity index (χ1n) is 22.4. The fourth-order valence-corrected chi connectivity index (χ4v) is 6.79. The lowest BCUT2D eigenvalue weighted by atomic mass is 9.98. The van der Waals surface area contributed by atoms with Gasteiger partial charge in [-0.15, -0.1) is 0 Å². The van der Waals surface area contributed by atoms with Crippen molar-refractivity contribution < 1.29 is 47.6 Å². The van der Waals surface area contributed by atoms with E-state index >= 15 is 0 Å². The fourth-order valence-electron chi connectivity index (χ4n) is 6.79. The molecule has 350 valence electrons. The maximum absolute atomic E-state index is 13.8. The largest absolute Gasteiger partial charge is 0.460 e. The number of para-hydroxylation sites is 1. The predicted octanol–water partition coefficient (Wildman–Crippen LogP) is 9.01. The Morgan fingerprint density at radius 3 is 1.76 bits per heavy atom. The van der Waals surface area contributed by atoms with Crippen LogP contribution < -0.4 is 10.2 Å². The summed E-state index contributed by atoms with van der Waals surface area (Å²) in [4.78, 5) is 54.1.